The first-order valence-corrected chi connectivity index (χ1v) is 10.7. The summed E-state index contributed by atoms with van der Waals surface area (Å²) in [5.41, 5.74) is 5.62. The van der Waals surface area contributed by atoms with E-state index in [9.17, 15) is 19.2 Å². The minimum atomic E-state index is -1.48. The van der Waals surface area contributed by atoms with Crippen LogP contribution in [0, 0.1) is 5.92 Å². The van der Waals surface area contributed by atoms with Crippen LogP contribution in [0.25, 0.3) is 0 Å². The van der Waals surface area contributed by atoms with E-state index in [4.69, 9.17) is 15.9 Å². The van der Waals surface area contributed by atoms with Crippen molar-refractivity contribution in [2.75, 3.05) is 24.4 Å². The van der Waals surface area contributed by atoms with Crippen LogP contribution in [0.1, 0.15) is 20.3 Å². The fourth-order valence-corrected chi connectivity index (χ4v) is 2.74. The van der Waals surface area contributed by atoms with Gasteiger partial charge in [-0.2, -0.15) is 24.4 Å². The Morgan fingerprint density at radius 2 is 1.61 bits per heavy atom. The van der Waals surface area contributed by atoms with Crippen molar-refractivity contribution < 1.29 is 29.4 Å². The van der Waals surface area contributed by atoms with Gasteiger partial charge in [-0.3, -0.25) is 14.4 Å². The Kier molecular flexibility index (Phi) is 12.9. The maximum Gasteiger partial charge on any atom is 0.328 e. The fraction of sp³-hybridized carbons (Fsp3) is 0.750. The molecule has 10 nitrogen and oxygen atoms in total. The quantitative estimate of drug-likeness (QED) is 0.165. The van der Waals surface area contributed by atoms with Gasteiger partial charge < -0.3 is 31.9 Å². The molecule has 0 aliphatic heterocycles. The molecule has 0 aromatic heterocycles. The molecular weight excluding hydrogens is 408 g/mol. The Morgan fingerprint density at radius 1 is 1.04 bits per heavy atom. The highest BCUT2D eigenvalue weighted by molar-refractivity contribution is 7.98. The van der Waals surface area contributed by atoms with Crippen molar-refractivity contribution in [2.24, 2.45) is 11.7 Å². The summed E-state index contributed by atoms with van der Waals surface area (Å²) >= 11 is 5.44. The van der Waals surface area contributed by atoms with Crippen LogP contribution in [0.15, 0.2) is 0 Å². The maximum absolute atomic E-state index is 12.7. The highest BCUT2D eigenvalue weighted by Gasteiger charge is 2.31. The Bertz CT molecular complexity index is 549. The van der Waals surface area contributed by atoms with Gasteiger partial charge in [0.2, 0.25) is 17.7 Å². The third kappa shape index (κ3) is 9.13. The minimum Gasteiger partial charge on any atom is -0.480 e. The monoisotopic (exact) mass is 438 g/mol. The normalized spacial score (nSPS) is 15.2. The molecule has 4 unspecified atom stereocenters. The molecule has 0 rings (SSSR count). The van der Waals surface area contributed by atoms with E-state index in [-0.39, 0.29) is 11.7 Å². The molecule has 0 aromatic rings. The topological polar surface area (TPSA) is 171 Å². The van der Waals surface area contributed by atoms with Crippen LogP contribution in [0.4, 0.5) is 0 Å². The van der Waals surface area contributed by atoms with Crippen molar-refractivity contribution in [1.29, 1.82) is 0 Å². The number of hydrogen-bond donors (Lipinski definition) is 7. The van der Waals surface area contributed by atoms with Gasteiger partial charge in [0.25, 0.3) is 0 Å². The summed E-state index contributed by atoms with van der Waals surface area (Å²) in [6.07, 6.45) is 2.17. The van der Waals surface area contributed by atoms with E-state index in [1.54, 1.807) is 13.8 Å². The van der Waals surface area contributed by atoms with Crippen LogP contribution >= 0.6 is 24.4 Å². The van der Waals surface area contributed by atoms with Gasteiger partial charge in [0.05, 0.1) is 12.6 Å². The number of aliphatic hydroxyl groups is 1. The Balaban J connectivity index is 5.24. The van der Waals surface area contributed by atoms with Crippen LogP contribution in [-0.4, -0.2) is 82.4 Å². The molecule has 0 saturated heterocycles. The summed E-state index contributed by atoms with van der Waals surface area (Å²) in [6.45, 7) is 2.56. The Morgan fingerprint density at radius 3 is 2.04 bits per heavy atom. The summed E-state index contributed by atoms with van der Waals surface area (Å²) in [5, 5.41) is 25.3. The first-order chi connectivity index (χ1) is 13.1. The second-order valence-corrected chi connectivity index (χ2v) is 7.79. The van der Waals surface area contributed by atoms with E-state index in [0.717, 1.165) is 0 Å². The van der Waals surface area contributed by atoms with Crippen molar-refractivity contribution >= 4 is 48.1 Å². The van der Waals surface area contributed by atoms with Gasteiger partial charge in [0.1, 0.15) is 18.1 Å². The van der Waals surface area contributed by atoms with Crippen molar-refractivity contribution in [3.63, 3.8) is 0 Å². The average molecular weight is 439 g/mol. The number of amides is 3. The fourth-order valence-electron chi connectivity index (χ4n) is 2.10. The SMILES string of the molecule is CSCCC(NC(=O)C(N)CS)C(=O)NC(C(=O)NC(CO)C(=O)O)C(C)C. The highest BCUT2D eigenvalue weighted by Crippen LogP contribution is 2.06. The van der Waals surface area contributed by atoms with E-state index in [2.05, 4.69) is 28.6 Å². The summed E-state index contributed by atoms with van der Waals surface area (Å²) < 4.78 is 0. The second kappa shape index (κ2) is 13.6. The van der Waals surface area contributed by atoms with Crippen LogP contribution in [0.3, 0.4) is 0 Å². The lowest BCUT2D eigenvalue weighted by Gasteiger charge is -2.26. The lowest BCUT2D eigenvalue weighted by atomic mass is 10.0. The predicted molar refractivity (Wildman–Crippen MR) is 110 cm³/mol. The lowest BCUT2D eigenvalue weighted by Crippen LogP contribution is -2.59. The Hall–Kier alpha value is -1.50. The molecule has 12 heteroatoms. The molecule has 0 saturated carbocycles. The first kappa shape index (κ1) is 26.5. The summed E-state index contributed by atoms with van der Waals surface area (Å²) in [7, 11) is 0. The summed E-state index contributed by atoms with van der Waals surface area (Å²) in [4.78, 5) is 48.1. The highest BCUT2D eigenvalue weighted by atomic mass is 32.2. The molecule has 0 fully saturated rings. The molecule has 0 radical (unpaired) electrons. The van der Waals surface area contributed by atoms with Gasteiger partial charge in [0, 0.05) is 5.75 Å². The van der Waals surface area contributed by atoms with Crippen molar-refractivity contribution in [3.05, 3.63) is 0 Å². The minimum absolute atomic E-state index is 0.109. The lowest BCUT2D eigenvalue weighted by molar-refractivity contribution is -0.143. The zero-order valence-corrected chi connectivity index (χ0v) is 17.9. The average Bonchev–Trinajstić information content (AvgIpc) is 2.65. The third-order valence-corrected chi connectivity index (χ3v) is 4.86. The van der Waals surface area contributed by atoms with Gasteiger partial charge >= 0.3 is 5.97 Å². The van der Waals surface area contributed by atoms with E-state index >= 15 is 0 Å². The van der Waals surface area contributed by atoms with Gasteiger partial charge in [0.15, 0.2) is 0 Å². The number of carbonyl (C=O) groups excluding carboxylic acids is 3. The number of carbonyl (C=O) groups is 4. The van der Waals surface area contributed by atoms with E-state index < -0.39 is 54.5 Å². The molecular formula is C16H30N4O6S2. The molecule has 0 aliphatic carbocycles. The molecule has 0 aromatic carbocycles. The third-order valence-electron chi connectivity index (χ3n) is 3.82. The molecule has 7 N–H and O–H groups in total. The maximum atomic E-state index is 12.7. The van der Waals surface area contributed by atoms with Crippen LogP contribution < -0.4 is 21.7 Å². The van der Waals surface area contributed by atoms with Crippen molar-refractivity contribution in [3.8, 4) is 0 Å². The molecule has 0 bridgehead atoms. The number of carboxylic acids is 1. The summed E-state index contributed by atoms with van der Waals surface area (Å²) in [6, 6.07) is -4.31. The molecule has 0 aliphatic rings. The number of nitrogens with two attached hydrogens (primary N) is 1. The second-order valence-electron chi connectivity index (χ2n) is 6.44. The standard InChI is InChI=1S/C16H30N4O6S2/c1-8(2)12(15(24)19-11(6-21)16(25)26)20-14(23)10(4-5-28-3)18-13(22)9(17)7-27/h8-12,21,27H,4-7,17H2,1-3H3,(H,18,22)(H,19,24)(H,20,23)(H,25,26). The van der Waals surface area contributed by atoms with Crippen molar-refractivity contribution in [1.82, 2.24) is 16.0 Å². The zero-order chi connectivity index (χ0) is 21.9. The van der Waals surface area contributed by atoms with Gasteiger partial charge in [-0.15, -0.1) is 0 Å². The van der Waals surface area contributed by atoms with Gasteiger partial charge in [-0.1, -0.05) is 13.8 Å². The molecule has 3 amide bonds. The number of rotatable bonds is 13. The van der Waals surface area contributed by atoms with Gasteiger partial charge in [-0.05, 0) is 24.3 Å². The molecule has 162 valence electrons. The van der Waals surface area contributed by atoms with Crippen molar-refractivity contribution in [2.45, 2.75) is 44.4 Å². The zero-order valence-electron chi connectivity index (χ0n) is 16.2. The molecule has 28 heavy (non-hydrogen) atoms. The molecule has 0 spiro atoms. The number of hydrogen-bond acceptors (Lipinski definition) is 8. The molecule has 0 heterocycles. The number of aliphatic carboxylic acids is 1. The number of thioether (sulfide) groups is 1. The van der Waals surface area contributed by atoms with Gasteiger partial charge in [-0.25, -0.2) is 4.79 Å². The van der Waals surface area contributed by atoms with Crippen LogP contribution in [-0.2, 0) is 19.2 Å². The largest absolute Gasteiger partial charge is 0.480 e. The number of aliphatic hydroxyl groups excluding tert-OH is 1. The Labute approximate surface area is 174 Å². The number of nitrogens with one attached hydrogen (secondary N) is 3. The molecule has 4 atom stereocenters. The number of carboxylic acid groups (broad SMARTS) is 1. The smallest absolute Gasteiger partial charge is 0.328 e. The summed E-state index contributed by atoms with van der Waals surface area (Å²) in [5.74, 6) is -2.93. The van der Waals surface area contributed by atoms with E-state index in [1.807, 2.05) is 6.26 Å². The van der Waals surface area contributed by atoms with Crippen LogP contribution in [0.2, 0.25) is 0 Å². The van der Waals surface area contributed by atoms with E-state index in [1.165, 1.54) is 11.8 Å². The predicted octanol–water partition coefficient (Wildman–Crippen LogP) is -1.82. The van der Waals surface area contributed by atoms with Crippen LogP contribution in [0.5, 0.6) is 0 Å². The van der Waals surface area contributed by atoms with E-state index in [0.29, 0.717) is 12.2 Å². The first-order valence-electron chi connectivity index (χ1n) is 8.69. The number of thiol groups is 1.